The third-order valence-corrected chi connectivity index (χ3v) is 2.26. The van der Waals surface area contributed by atoms with Crippen LogP contribution in [0.25, 0.3) is 0 Å². The lowest BCUT2D eigenvalue weighted by Crippen LogP contribution is -1.87. The molecule has 0 spiro atoms. The zero-order valence-electron chi connectivity index (χ0n) is 6.88. The molecule has 2 rings (SSSR count). The lowest BCUT2D eigenvalue weighted by Gasteiger charge is -2.01. The number of benzene rings is 1. The Hall–Kier alpha value is -1.29. The fourth-order valence-corrected chi connectivity index (χ4v) is 1.45. The number of nitriles is 1. The summed E-state index contributed by atoms with van der Waals surface area (Å²) < 4.78 is 0. The Balaban J connectivity index is 2.47. The van der Waals surface area contributed by atoms with Crippen molar-refractivity contribution in [2.75, 3.05) is 0 Å². The van der Waals surface area contributed by atoms with Crippen molar-refractivity contribution < 1.29 is 0 Å². The maximum absolute atomic E-state index is 8.84. The predicted molar refractivity (Wildman–Crippen MR) is 47.6 cm³/mol. The molecule has 0 aliphatic heterocycles. The van der Waals surface area contributed by atoms with Crippen LogP contribution < -0.4 is 0 Å². The van der Waals surface area contributed by atoms with Crippen LogP contribution in [0.15, 0.2) is 18.2 Å². The van der Waals surface area contributed by atoms with Gasteiger partial charge in [0.1, 0.15) is 0 Å². The van der Waals surface area contributed by atoms with Crippen molar-refractivity contribution in [1.82, 2.24) is 0 Å². The zero-order valence-corrected chi connectivity index (χ0v) is 6.88. The van der Waals surface area contributed by atoms with Gasteiger partial charge < -0.3 is 0 Å². The highest BCUT2D eigenvalue weighted by molar-refractivity contribution is 5.44. The smallest absolute Gasteiger partial charge is 0.0994 e. The lowest BCUT2D eigenvalue weighted by atomic mass is 10.0. The van der Waals surface area contributed by atoms with Crippen LogP contribution in [0.5, 0.6) is 0 Å². The minimum Gasteiger partial charge on any atom is -0.192 e. The van der Waals surface area contributed by atoms with Crippen molar-refractivity contribution in [3.8, 4) is 6.07 Å². The fourth-order valence-electron chi connectivity index (χ4n) is 1.45. The van der Waals surface area contributed by atoms with Crippen molar-refractivity contribution in [2.24, 2.45) is 0 Å². The van der Waals surface area contributed by atoms with Gasteiger partial charge in [0.2, 0.25) is 0 Å². The molecule has 0 N–H and O–H groups in total. The van der Waals surface area contributed by atoms with Gasteiger partial charge in [-0.3, -0.25) is 0 Å². The Morgan fingerprint density at radius 1 is 1.42 bits per heavy atom. The topological polar surface area (TPSA) is 23.8 Å². The van der Waals surface area contributed by atoms with Crippen LogP contribution in [0.1, 0.15) is 35.4 Å². The predicted octanol–water partition coefficient (Wildman–Crippen LogP) is 2.62. The summed E-state index contributed by atoms with van der Waals surface area (Å²) in [5.74, 6) is 0.653. The number of hydrogen-bond donors (Lipinski definition) is 0. The molecule has 12 heavy (non-hydrogen) atoms. The molecular formula is C11H10N. The molecule has 0 atom stereocenters. The molecule has 1 saturated carbocycles. The second-order valence-electron chi connectivity index (χ2n) is 3.31. The van der Waals surface area contributed by atoms with Crippen LogP contribution in [-0.4, -0.2) is 0 Å². The van der Waals surface area contributed by atoms with Gasteiger partial charge in [-0.2, -0.15) is 5.26 Å². The van der Waals surface area contributed by atoms with Crippen LogP contribution in [0, 0.1) is 18.3 Å². The van der Waals surface area contributed by atoms with E-state index in [0.29, 0.717) is 5.92 Å². The number of rotatable bonds is 1. The standard InChI is InChI=1S/C11H10N/c1-8-2-5-11(9-3-4-9)10(6-8)7-12/h2,5-6,9H,1,3-4H2. The van der Waals surface area contributed by atoms with E-state index in [9.17, 15) is 0 Å². The van der Waals surface area contributed by atoms with E-state index < -0.39 is 0 Å². The summed E-state index contributed by atoms with van der Waals surface area (Å²) in [6.45, 7) is 3.80. The molecular weight excluding hydrogens is 146 g/mol. The summed E-state index contributed by atoms with van der Waals surface area (Å²) in [6, 6.07) is 8.11. The van der Waals surface area contributed by atoms with Crippen molar-refractivity contribution in [3.63, 3.8) is 0 Å². The highest BCUT2D eigenvalue weighted by Crippen LogP contribution is 2.41. The van der Waals surface area contributed by atoms with Crippen LogP contribution in [-0.2, 0) is 0 Å². The summed E-state index contributed by atoms with van der Waals surface area (Å²) in [5, 5.41) is 8.84. The molecule has 1 heteroatoms. The van der Waals surface area contributed by atoms with Crippen LogP contribution >= 0.6 is 0 Å². The van der Waals surface area contributed by atoms with Gasteiger partial charge in [0.15, 0.2) is 0 Å². The minimum absolute atomic E-state index is 0.653. The number of nitrogens with zero attached hydrogens (tertiary/aromatic N) is 1. The third kappa shape index (κ3) is 1.21. The zero-order chi connectivity index (χ0) is 8.55. The van der Waals surface area contributed by atoms with Gasteiger partial charge in [0.25, 0.3) is 0 Å². The summed E-state index contributed by atoms with van der Waals surface area (Å²) in [6.07, 6.45) is 2.48. The van der Waals surface area contributed by atoms with Gasteiger partial charge in [0, 0.05) is 0 Å². The Labute approximate surface area is 72.6 Å². The highest BCUT2D eigenvalue weighted by atomic mass is 14.3. The molecule has 1 nitrogen and oxygen atoms in total. The van der Waals surface area contributed by atoms with Crippen LogP contribution in [0.2, 0.25) is 0 Å². The van der Waals surface area contributed by atoms with Gasteiger partial charge in [0.05, 0.1) is 11.6 Å². The first kappa shape index (κ1) is 7.36. The Morgan fingerprint density at radius 3 is 2.75 bits per heavy atom. The molecule has 0 bridgehead atoms. The molecule has 1 aliphatic rings. The van der Waals surface area contributed by atoms with Gasteiger partial charge in [-0.1, -0.05) is 12.1 Å². The minimum atomic E-state index is 0.653. The van der Waals surface area contributed by atoms with Gasteiger partial charge >= 0.3 is 0 Å². The molecule has 1 fully saturated rings. The molecule has 59 valence electrons. The van der Waals surface area contributed by atoms with Crippen molar-refractivity contribution in [2.45, 2.75) is 18.8 Å². The molecule has 0 saturated heterocycles. The van der Waals surface area contributed by atoms with E-state index in [1.807, 2.05) is 18.2 Å². The maximum Gasteiger partial charge on any atom is 0.0994 e. The SMILES string of the molecule is [CH2]c1ccc(C2CC2)c(C#N)c1. The van der Waals surface area contributed by atoms with Gasteiger partial charge in [-0.15, -0.1) is 0 Å². The van der Waals surface area contributed by atoms with E-state index in [-0.39, 0.29) is 0 Å². The lowest BCUT2D eigenvalue weighted by molar-refractivity contribution is 1.11. The molecule has 0 unspecified atom stereocenters. The molecule has 0 amide bonds. The average Bonchev–Trinajstić information content (AvgIpc) is 2.87. The third-order valence-electron chi connectivity index (χ3n) is 2.26. The van der Waals surface area contributed by atoms with Crippen molar-refractivity contribution >= 4 is 0 Å². The first-order valence-electron chi connectivity index (χ1n) is 4.17. The molecule has 1 aromatic carbocycles. The van der Waals surface area contributed by atoms with Gasteiger partial charge in [-0.05, 0) is 42.9 Å². The number of hydrogen-bond acceptors (Lipinski definition) is 1. The van der Waals surface area contributed by atoms with Crippen LogP contribution in [0.4, 0.5) is 0 Å². The van der Waals surface area contributed by atoms with Crippen LogP contribution in [0.3, 0.4) is 0 Å². The first-order chi connectivity index (χ1) is 5.81. The molecule has 0 aromatic heterocycles. The average molecular weight is 156 g/mol. The molecule has 1 aliphatic carbocycles. The summed E-state index contributed by atoms with van der Waals surface area (Å²) in [4.78, 5) is 0. The Bertz CT molecular complexity index is 343. The second-order valence-corrected chi connectivity index (χ2v) is 3.31. The molecule has 1 aromatic rings. The normalized spacial score (nSPS) is 15.7. The Kier molecular flexibility index (Phi) is 1.62. The highest BCUT2D eigenvalue weighted by Gasteiger charge is 2.25. The maximum atomic E-state index is 8.84. The molecule has 1 radical (unpaired) electrons. The molecule has 0 heterocycles. The van der Waals surface area contributed by atoms with E-state index in [2.05, 4.69) is 13.0 Å². The van der Waals surface area contributed by atoms with Crippen molar-refractivity contribution in [1.29, 1.82) is 5.26 Å². The van der Waals surface area contributed by atoms with E-state index in [0.717, 1.165) is 11.1 Å². The summed E-state index contributed by atoms with van der Waals surface area (Å²) in [5.41, 5.74) is 2.95. The van der Waals surface area contributed by atoms with E-state index in [4.69, 9.17) is 5.26 Å². The second kappa shape index (κ2) is 2.64. The quantitative estimate of drug-likeness (QED) is 0.613. The monoisotopic (exact) mass is 156 g/mol. The first-order valence-corrected chi connectivity index (χ1v) is 4.17. The Morgan fingerprint density at radius 2 is 2.17 bits per heavy atom. The van der Waals surface area contributed by atoms with Gasteiger partial charge in [-0.25, -0.2) is 0 Å². The van der Waals surface area contributed by atoms with E-state index in [1.165, 1.54) is 18.4 Å². The summed E-state index contributed by atoms with van der Waals surface area (Å²) in [7, 11) is 0. The summed E-state index contributed by atoms with van der Waals surface area (Å²) >= 11 is 0. The largest absolute Gasteiger partial charge is 0.192 e. The fraction of sp³-hybridized carbons (Fsp3) is 0.273. The van der Waals surface area contributed by atoms with Crippen molar-refractivity contribution in [3.05, 3.63) is 41.8 Å². The van der Waals surface area contributed by atoms with E-state index >= 15 is 0 Å². The van der Waals surface area contributed by atoms with E-state index in [1.54, 1.807) is 0 Å².